The van der Waals surface area contributed by atoms with Crippen molar-refractivity contribution in [3.05, 3.63) is 0 Å². The normalized spacial score (nSPS) is 12.3. The van der Waals surface area contributed by atoms with Crippen molar-refractivity contribution in [3.8, 4) is 0 Å². The molecule has 4 nitrogen and oxygen atoms in total. The van der Waals surface area contributed by atoms with E-state index in [-0.39, 0.29) is 0 Å². The molecule has 0 bridgehead atoms. The van der Waals surface area contributed by atoms with Gasteiger partial charge in [-0.05, 0) is 12.8 Å². The lowest BCUT2D eigenvalue weighted by Crippen LogP contribution is -2.35. The van der Waals surface area contributed by atoms with Crippen molar-refractivity contribution >= 4 is 5.91 Å². The molecule has 35 heavy (non-hydrogen) atoms. The van der Waals surface area contributed by atoms with Gasteiger partial charge in [-0.2, -0.15) is 0 Å². The lowest BCUT2D eigenvalue weighted by atomic mass is 10.1. The standard InChI is InChI=1S/C31H63NO3/c1-3-5-7-9-11-13-15-17-19-21-23-25-27-34-29-30(31(32)33)35-28-26-24-22-20-18-16-14-12-10-8-6-4-2/h30H,3-29H2,1-2H3,(H2,32,33). The Balaban J connectivity index is 3.40. The van der Waals surface area contributed by atoms with E-state index in [9.17, 15) is 4.79 Å². The third-order valence-corrected chi connectivity index (χ3v) is 7.05. The number of hydrogen-bond donors (Lipinski definition) is 1. The number of carbonyl (C=O) groups excluding carboxylic acids is 1. The number of unbranched alkanes of at least 4 members (excludes halogenated alkanes) is 22. The molecule has 0 saturated carbocycles. The number of rotatable bonds is 30. The fourth-order valence-electron chi connectivity index (χ4n) is 4.62. The Morgan fingerprint density at radius 1 is 0.514 bits per heavy atom. The van der Waals surface area contributed by atoms with E-state index < -0.39 is 12.0 Å². The molecule has 0 aliphatic rings. The van der Waals surface area contributed by atoms with Crippen LogP contribution in [0.2, 0.25) is 0 Å². The average Bonchev–Trinajstić information content (AvgIpc) is 2.85. The van der Waals surface area contributed by atoms with Crippen LogP contribution < -0.4 is 5.73 Å². The minimum absolute atomic E-state index is 0.297. The second-order valence-electron chi connectivity index (χ2n) is 10.6. The van der Waals surface area contributed by atoms with Gasteiger partial charge < -0.3 is 15.2 Å². The van der Waals surface area contributed by atoms with Crippen LogP contribution in [0.3, 0.4) is 0 Å². The summed E-state index contributed by atoms with van der Waals surface area (Å²) in [5, 5.41) is 0. The highest BCUT2D eigenvalue weighted by atomic mass is 16.5. The van der Waals surface area contributed by atoms with Gasteiger partial charge in [0.2, 0.25) is 5.91 Å². The van der Waals surface area contributed by atoms with Crippen LogP contribution in [-0.4, -0.2) is 31.8 Å². The van der Waals surface area contributed by atoms with E-state index in [1.165, 1.54) is 141 Å². The molecule has 4 heteroatoms. The molecule has 0 aromatic heterocycles. The quantitative estimate of drug-likeness (QED) is 0.101. The van der Waals surface area contributed by atoms with E-state index in [4.69, 9.17) is 15.2 Å². The molecule has 0 radical (unpaired) electrons. The van der Waals surface area contributed by atoms with Gasteiger partial charge in [0.1, 0.15) is 0 Å². The summed E-state index contributed by atoms with van der Waals surface area (Å²) in [5.74, 6) is -0.404. The van der Waals surface area contributed by atoms with Crippen LogP contribution in [0.4, 0.5) is 0 Å². The van der Waals surface area contributed by atoms with Crippen LogP contribution in [0, 0.1) is 0 Å². The van der Waals surface area contributed by atoms with Crippen molar-refractivity contribution < 1.29 is 14.3 Å². The number of amides is 1. The van der Waals surface area contributed by atoms with E-state index in [1.807, 2.05) is 0 Å². The summed E-state index contributed by atoms with van der Waals surface area (Å²) in [5.41, 5.74) is 5.49. The van der Waals surface area contributed by atoms with E-state index >= 15 is 0 Å². The van der Waals surface area contributed by atoms with Crippen LogP contribution >= 0.6 is 0 Å². The number of ether oxygens (including phenoxy) is 2. The van der Waals surface area contributed by atoms with Gasteiger partial charge in [0, 0.05) is 13.2 Å². The molecule has 0 rings (SSSR count). The zero-order chi connectivity index (χ0) is 25.7. The van der Waals surface area contributed by atoms with Crippen LogP contribution in [0.25, 0.3) is 0 Å². The molecule has 0 aromatic rings. The second kappa shape index (κ2) is 29.6. The van der Waals surface area contributed by atoms with Crippen molar-refractivity contribution in [1.29, 1.82) is 0 Å². The topological polar surface area (TPSA) is 61.6 Å². The predicted molar refractivity (Wildman–Crippen MR) is 152 cm³/mol. The Kier molecular flexibility index (Phi) is 29.1. The predicted octanol–water partition coefficient (Wildman–Crippen LogP) is 9.28. The lowest BCUT2D eigenvalue weighted by Gasteiger charge is -2.15. The first kappa shape index (κ1) is 34.4. The summed E-state index contributed by atoms with van der Waals surface area (Å²) in [6, 6.07) is 0. The molecule has 0 aliphatic heterocycles. The van der Waals surface area contributed by atoms with Crippen LogP contribution in [0.15, 0.2) is 0 Å². The zero-order valence-corrected chi connectivity index (χ0v) is 24.0. The zero-order valence-electron chi connectivity index (χ0n) is 24.0. The van der Waals surface area contributed by atoms with E-state index in [1.54, 1.807) is 0 Å². The SMILES string of the molecule is CCCCCCCCCCCCCCOCC(OCCCCCCCCCCCCCC)C(N)=O. The van der Waals surface area contributed by atoms with E-state index in [0.717, 1.165) is 12.8 Å². The number of primary amides is 1. The van der Waals surface area contributed by atoms with Crippen molar-refractivity contribution in [1.82, 2.24) is 0 Å². The Labute approximate surface area is 219 Å². The van der Waals surface area contributed by atoms with Gasteiger partial charge in [-0.3, -0.25) is 4.79 Å². The lowest BCUT2D eigenvalue weighted by molar-refractivity contribution is -0.133. The van der Waals surface area contributed by atoms with Crippen molar-refractivity contribution in [2.24, 2.45) is 5.73 Å². The second-order valence-corrected chi connectivity index (χ2v) is 10.6. The average molecular weight is 498 g/mol. The third-order valence-electron chi connectivity index (χ3n) is 7.05. The number of carbonyl (C=O) groups is 1. The molecule has 0 fully saturated rings. The number of hydrogen-bond acceptors (Lipinski definition) is 3. The molecule has 0 saturated heterocycles. The third kappa shape index (κ3) is 27.8. The molecule has 1 unspecified atom stereocenters. The molecular weight excluding hydrogens is 434 g/mol. The highest BCUT2D eigenvalue weighted by Crippen LogP contribution is 2.13. The molecule has 1 atom stereocenters. The maximum absolute atomic E-state index is 11.6. The monoisotopic (exact) mass is 497 g/mol. The smallest absolute Gasteiger partial charge is 0.248 e. The summed E-state index contributed by atoms with van der Waals surface area (Å²) < 4.78 is 11.4. The van der Waals surface area contributed by atoms with Crippen LogP contribution in [-0.2, 0) is 14.3 Å². The summed E-state index contributed by atoms with van der Waals surface area (Å²) in [4.78, 5) is 11.6. The minimum atomic E-state index is -0.597. The first-order valence-corrected chi connectivity index (χ1v) is 15.7. The fourth-order valence-corrected chi connectivity index (χ4v) is 4.62. The summed E-state index contributed by atoms with van der Waals surface area (Å²) >= 11 is 0. The van der Waals surface area contributed by atoms with Gasteiger partial charge in [-0.15, -0.1) is 0 Å². The van der Waals surface area contributed by atoms with E-state index in [2.05, 4.69) is 13.8 Å². The number of nitrogens with two attached hydrogens (primary N) is 1. The summed E-state index contributed by atoms with van der Waals surface area (Å²) in [6.45, 7) is 6.14. The van der Waals surface area contributed by atoms with Crippen molar-refractivity contribution in [2.45, 2.75) is 174 Å². The first-order valence-electron chi connectivity index (χ1n) is 15.7. The minimum Gasteiger partial charge on any atom is -0.378 e. The van der Waals surface area contributed by atoms with Gasteiger partial charge in [0.05, 0.1) is 6.61 Å². The largest absolute Gasteiger partial charge is 0.378 e. The maximum atomic E-state index is 11.6. The Morgan fingerprint density at radius 3 is 1.17 bits per heavy atom. The Hall–Kier alpha value is -0.610. The molecule has 1 amide bonds. The highest BCUT2D eigenvalue weighted by Gasteiger charge is 2.15. The van der Waals surface area contributed by atoms with Crippen LogP contribution in [0.1, 0.15) is 168 Å². The van der Waals surface area contributed by atoms with Gasteiger partial charge in [-0.25, -0.2) is 0 Å². The van der Waals surface area contributed by atoms with Crippen molar-refractivity contribution in [3.63, 3.8) is 0 Å². The molecule has 0 heterocycles. The van der Waals surface area contributed by atoms with Gasteiger partial charge in [0.25, 0.3) is 0 Å². The maximum Gasteiger partial charge on any atom is 0.248 e. The summed E-state index contributed by atoms with van der Waals surface area (Å²) in [6.07, 6.45) is 31.2. The van der Waals surface area contributed by atoms with Gasteiger partial charge in [0.15, 0.2) is 6.10 Å². The molecular formula is C31H63NO3. The first-order chi connectivity index (χ1) is 17.2. The van der Waals surface area contributed by atoms with Crippen LogP contribution in [0.5, 0.6) is 0 Å². The summed E-state index contributed by atoms with van der Waals surface area (Å²) in [7, 11) is 0. The van der Waals surface area contributed by atoms with Crippen molar-refractivity contribution in [2.75, 3.05) is 19.8 Å². The van der Waals surface area contributed by atoms with E-state index in [0.29, 0.717) is 19.8 Å². The fraction of sp³-hybridized carbons (Fsp3) is 0.968. The molecule has 0 aliphatic carbocycles. The molecule has 0 spiro atoms. The molecule has 2 N–H and O–H groups in total. The highest BCUT2D eigenvalue weighted by molar-refractivity contribution is 5.78. The Morgan fingerprint density at radius 2 is 0.829 bits per heavy atom. The Bertz CT molecular complexity index is 416. The van der Waals surface area contributed by atoms with Gasteiger partial charge >= 0.3 is 0 Å². The van der Waals surface area contributed by atoms with Gasteiger partial charge in [-0.1, -0.05) is 155 Å². The molecule has 210 valence electrons. The molecule has 0 aromatic carbocycles.